The zero-order valence-corrected chi connectivity index (χ0v) is 10.5. The van der Waals surface area contributed by atoms with Crippen LogP contribution in [0.1, 0.15) is 5.82 Å². The number of aromatic nitrogens is 2. The molecule has 0 aliphatic heterocycles. The van der Waals surface area contributed by atoms with E-state index in [1.54, 1.807) is 6.92 Å². The Hall–Kier alpha value is -0.680. The lowest BCUT2D eigenvalue weighted by Crippen LogP contribution is -1.80. The molecule has 0 saturated heterocycles. The predicted molar refractivity (Wildman–Crippen MR) is 59.9 cm³/mol. The molecular weight excluding hydrogens is 312 g/mol. The van der Waals surface area contributed by atoms with Crippen molar-refractivity contribution in [2.75, 3.05) is 0 Å². The Labute approximate surface area is 97.8 Å². The monoisotopic (exact) mass is 316 g/mol. The van der Waals surface area contributed by atoms with Crippen molar-refractivity contribution < 1.29 is 4.52 Å². The van der Waals surface area contributed by atoms with Crippen molar-refractivity contribution in [2.45, 2.75) is 6.92 Å². The zero-order chi connectivity index (χ0) is 10.1. The van der Waals surface area contributed by atoms with Crippen molar-refractivity contribution in [3.8, 4) is 11.5 Å². The molecule has 0 radical (unpaired) electrons. The highest BCUT2D eigenvalue weighted by atomic mass is 79.9. The van der Waals surface area contributed by atoms with Gasteiger partial charge in [0.25, 0.3) is 5.89 Å². The summed E-state index contributed by atoms with van der Waals surface area (Å²) in [7, 11) is 0. The van der Waals surface area contributed by atoms with Crippen LogP contribution in [0.15, 0.2) is 31.7 Å². The van der Waals surface area contributed by atoms with Gasteiger partial charge in [0.1, 0.15) is 0 Å². The molecule has 72 valence electrons. The normalized spacial score (nSPS) is 10.5. The van der Waals surface area contributed by atoms with Crippen molar-refractivity contribution in [1.29, 1.82) is 0 Å². The van der Waals surface area contributed by atoms with E-state index in [-0.39, 0.29) is 0 Å². The number of benzene rings is 1. The van der Waals surface area contributed by atoms with E-state index < -0.39 is 0 Å². The van der Waals surface area contributed by atoms with Crippen LogP contribution in [-0.2, 0) is 0 Å². The van der Waals surface area contributed by atoms with Crippen molar-refractivity contribution in [1.82, 2.24) is 10.1 Å². The minimum absolute atomic E-state index is 0.524. The highest BCUT2D eigenvalue weighted by Crippen LogP contribution is 2.29. The van der Waals surface area contributed by atoms with Crippen LogP contribution in [0.2, 0.25) is 0 Å². The van der Waals surface area contributed by atoms with E-state index in [9.17, 15) is 0 Å². The molecule has 0 N–H and O–H groups in total. The topological polar surface area (TPSA) is 38.9 Å². The molecule has 5 heteroatoms. The van der Waals surface area contributed by atoms with Crippen molar-refractivity contribution in [2.24, 2.45) is 0 Å². The summed E-state index contributed by atoms with van der Waals surface area (Å²) >= 11 is 6.82. The SMILES string of the molecule is Cc1noc(-c2cc(Br)ccc2Br)n1. The minimum atomic E-state index is 0.524. The molecule has 1 heterocycles. The van der Waals surface area contributed by atoms with Crippen LogP contribution in [0.25, 0.3) is 11.5 Å². The molecule has 0 aliphatic carbocycles. The van der Waals surface area contributed by atoms with Crippen LogP contribution >= 0.6 is 31.9 Å². The van der Waals surface area contributed by atoms with Crippen LogP contribution < -0.4 is 0 Å². The van der Waals surface area contributed by atoms with Gasteiger partial charge in [0, 0.05) is 8.95 Å². The van der Waals surface area contributed by atoms with Gasteiger partial charge < -0.3 is 4.52 Å². The standard InChI is InChI=1S/C9H6Br2N2O/c1-5-12-9(14-13-5)7-4-6(10)2-3-8(7)11/h2-4H,1H3. The van der Waals surface area contributed by atoms with E-state index in [2.05, 4.69) is 42.0 Å². The van der Waals surface area contributed by atoms with Crippen LogP contribution in [0.5, 0.6) is 0 Å². The molecule has 0 fully saturated rings. The number of nitrogens with zero attached hydrogens (tertiary/aromatic N) is 2. The molecule has 0 atom stereocenters. The molecule has 0 unspecified atom stereocenters. The Morgan fingerprint density at radius 3 is 2.71 bits per heavy atom. The Bertz CT molecular complexity index is 468. The molecule has 14 heavy (non-hydrogen) atoms. The van der Waals surface area contributed by atoms with E-state index >= 15 is 0 Å². The molecule has 0 amide bonds. The van der Waals surface area contributed by atoms with E-state index in [4.69, 9.17) is 4.52 Å². The minimum Gasteiger partial charge on any atom is -0.334 e. The van der Waals surface area contributed by atoms with Gasteiger partial charge >= 0.3 is 0 Å². The summed E-state index contributed by atoms with van der Waals surface area (Å²) in [6.07, 6.45) is 0. The Morgan fingerprint density at radius 1 is 1.29 bits per heavy atom. The van der Waals surface area contributed by atoms with Crippen LogP contribution in [0.3, 0.4) is 0 Å². The van der Waals surface area contributed by atoms with Crippen LogP contribution in [0.4, 0.5) is 0 Å². The maximum Gasteiger partial charge on any atom is 0.259 e. The summed E-state index contributed by atoms with van der Waals surface area (Å²) in [6, 6.07) is 5.80. The summed E-state index contributed by atoms with van der Waals surface area (Å²) in [5.41, 5.74) is 0.889. The summed E-state index contributed by atoms with van der Waals surface area (Å²) in [5.74, 6) is 1.16. The summed E-state index contributed by atoms with van der Waals surface area (Å²) < 4.78 is 6.99. The predicted octanol–water partition coefficient (Wildman–Crippen LogP) is 3.57. The van der Waals surface area contributed by atoms with E-state index in [0.717, 1.165) is 14.5 Å². The summed E-state index contributed by atoms with van der Waals surface area (Å²) in [4.78, 5) is 4.15. The summed E-state index contributed by atoms with van der Waals surface area (Å²) in [5, 5.41) is 3.74. The van der Waals surface area contributed by atoms with E-state index in [1.165, 1.54) is 0 Å². The second-order valence-corrected chi connectivity index (χ2v) is 4.54. The second kappa shape index (κ2) is 3.82. The highest BCUT2D eigenvalue weighted by molar-refractivity contribution is 9.11. The van der Waals surface area contributed by atoms with Crippen LogP contribution in [0, 0.1) is 6.92 Å². The van der Waals surface area contributed by atoms with Gasteiger partial charge in [-0.15, -0.1) is 0 Å². The molecule has 0 aliphatic rings. The summed E-state index contributed by atoms with van der Waals surface area (Å²) in [6.45, 7) is 1.79. The fourth-order valence-corrected chi connectivity index (χ4v) is 1.85. The third kappa shape index (κ3) is 1.88. The number of hydrogen-bond donors (Lipinski definition) is 0. The maximum absolute atomic E-state index is 5.07. The van der Waals surface area contributed by atoms with Crippen molar-refractivity contribution >= 4 is 31.9 Å². The van der Waals surface area contributed by atoms with Gasteiger partial charge in [-0.25, -0.2) is 0 Å². The van der Waals surface area contributed by atoms with Gasteiger partial charge in [0.2, 0.25) is 0 Å². The first kappa shape index (κ1) is 9.86. The lowest BCUT2D eigenvalue weighted by atomic mass is 10.2. The fraction of sp³-hybridized carbons (Fsp3) is 0.111. The average molecular weight is 318 g/mol. The molecule has 0 bridgehead atoms. The molecule has 0 saturated carbocycles. The smallest absolute Gasteiger partial charge is 0.259 e. The molecule has 2 aromatic rings. The second-order valence-electron chi connectivity index (χ2n) is 2.77. The zero-order valence-electron chi connectivity index (χ0n) is 7.29. The molecule has 2 rings (SSSR count). The molecular formula is C9H6Br2N2O. The van der Waals surface area contributed by atoms with E-state index in [1.807, 2.05) is 18.2 Å². The van der Waals surface area contributed by atoms with Crippen molar-refractivity contribution in [3.05, 3.63) is 33.0 Å². The lowest BCUT2D eigenvalue weighted by Gasteiger charge is -1.98. The van der Waals surface area contributed by atoms with Gasteiger partial charge in [0.15, 0.2) is 5.82 Å². The van der Waals surface area contributed by atoms with Crippen molar-refractivity contribution in [3.63, 3.8) is 0 Å². The highest BCUT2D eigenvalue weighted by Gasteiger charge is 2.10. The lowest BCUT2D eigenvalue weighted by molar-refractivity contribution is 0.425. The maximum atomic E-state index is 5.07. The van der Waals surface area contributed by atoms with E-state index in [0.29, 0.717) is 11.7 Å². The first-order valence-electron chi connectivity index (χ1n) is 3.92. The van der Waals surface area contributed by atoms with Crippen LogP contribution in [-0.4, -0.2) is 10.1 Å². The first-order valence-corrected chi connectivity index (χ1v) is 5.51. The quantitative estimate of drug-likeness (QED) is 0.807. The number of aryl methyl sites for hydroxylation is 1. The van der Waals surface area contributed by atoms with Gasteiger partial charge in [-0.05, 0) is 41.1 Å². The van der Waals surface area contributed by atoms with Gasteiger partial charge in [-0.3, -0.25) is 0 Å². The van der Waals surface area contributed by atoms with Gasteiger partial charge in [0.05, 0.1) is 5.56 Å². The Morgan fingerprint density at radius 2 is 2.07 bits per heavy atom. The number of halogens is 2. The fourth-order valence-electron chi connectivity index (χ4n) is 1.07. The van der Waals surface area contributed by atoms with Gasteiger partial charge in [-0.2, -0.15) is 4.98 Å². The third-order valence-electron chi connectivity index (χ3n) is 1.69. The molecule has 0 spiro atoms. The molecule has 3 nitrogen and oxygen atoms in total. The molecule has 1 aromatic carbocycles. The Balaban J connectivity index is 2.55. The Kier molecular flexibility index (Phi) is 2.69. The molecule has 1 aromatic heterocycles. The number of rotatable bonds is 1. The number of hydrogen-bond acceptors (Lipinski definition) is 3. The first-order chi connectivity index (χ1) is 6.66. The third-order valence-corrected chi connectivity index (χ3v) is 2.87. The average Bonchev–Trinajstić information content (AvgIpc) is 2.56. The van der Waals surface area contributed by atoms with Gasteiger partial charge in [-0.1, -0.05) is 21.1 Å². The largest absolute Gasteiger partial charge is 0.334 e.